The molecule has 25 heavy (non-hydrogen) atoms. The molecule has 0 radical (unpaired) electrons. The van der Waals surface area contributed by atoms with Crippen LogP contribution in [0.1, 0.15) is 17.3 Å². The molecule has 1 heterocycles. The number of nitrogens with one attached hydrogen (secondary N) is 1. The zero-order valence-electron chi connectivity index (χ0n) is 14.2. The number of methoxy groups -OCH3 is 1. The third kappa shape index (κ3) is 3.91. The molecular formula is C19H20N2O4. The number of benzene rings is 2. The van der Waals surface area contributed by atoms with E-state index in [9.17, 15) is 9.59 Å². The molecule has 0 bridgehead atoms. The van der Waals surface area contributed by atoms with Gasteiger partial charge in [0.05, 0.1) is 20.2 Å². The van der Waals surface area contributed by atoms with Crippen molar-refractivity contribution in [2.75, 3.05) is 25.5 Å². The molecule has 0 aliphatic carbocycles. The van der Waals surface area contributed by atoms with Gasteiger partial charge in [-0.2, -0.15) is 0 Å². The standard InChI is InChI=1S/C19H20N2O4/c1-13(22)20-15-9-7-14(8-10-15)19(23)21-11-16(12-21)25-18-6-4-3-5-17(18)24-2/h3-10,16H,11-12H2,1-2H3,(H,20,22). The van der Waals surface area contributed by atoms with Gasteiger partial charge in [0.1, 0.15) is 6.10 Å². The quantitative estimate of drug-likeness (QED) is 0.908. The molecule has 6 nitrogen and oxygen atoms in total. The monoisotopic (exact) mass is 340 g/mol. The minimum Gasteiger partial charge on any atom is -0.493 e. The van der Waals surface area contributed by atoms with Crippen molar-refractivity contribution in [3.05, 3.63) is 54.1 Å². The molecule has 1 aliphatic heterocycles. The van der Waals surface area contributed by atoms with Crippen LogP contribution in [0.3, 0.4) is 0 Å². The van der Waals surface area contributed by atoms with E-state index in [1.807, 2.05) is 24.3 Å². The van der Waals surface area contributed by atoms with Crippen molar-refractivity contribution in [3.8, 4) is 11.5 Å². The van der Waals surface area contributed by atoms with Crippen molar-refractivity contribution >= 4 is 17.5 Å². The summed E-state index contributed by atoms with van der Waals surface area (Å²) >= 11 is 0. The highest BCUT2D eigenvalue weighted by Gasteiger charge is 2.33. The van der Waals surface area contributed by atoms with Gasteiger partial charge in [-0.1, -0.05) is 12.1 Å². The highest BCUT2D eigenvalue weighted by Crippen LogP contribution is 2.29. The number of hydrogen-bond donors (Lipinski definition) is 1. The molecule has 2 amide bonds. The Kier molecular flexibility index (Phi) is 4.88. The number of carbonyl (C=O) groups excluding carboxylic acids is 2. The summed E-state index contributed by atoms with van der Waals surface area (Å²) in [7, 11) is 1.60. The molecule has 0 aromatic heterocycles. The maximum atomic E-state index is 12.4. The molecule has 0 saturated carbocycles. The molecule has 3 rings (SSSR count). The lowest BCUT2D eigenvalue weighted by molar-refractivity contribution is -0.114. The smallest absolute Gasteiger partial charge is 0.254 e. The second-order valence-corrected chi connectivity index (χ2v) is 5.86. The third-order valence-electron chi connectivity index (χ3n) is 3.95. The highest BCUT2D eigenvalue weighted by molar-refractivity contribution is 5.96. The Morgan fingerprint density at radius 3 is 2.28 bits per heavy atom. The van der Waals surface area contributed by atoms with Crippen LogP contribution in [0, 0.1) is 0 Å². The second-order valence-electron chi connectivity index (χ2n) is 5.86. The van der Waals surface area contributed by atoms with Crippen molar-refractivity contribution in [2.24, 2.45) is 0 Å². The molecule has 1 saturated heterocycles. The van der Waals surface area contributed by atoms with E-state index in [0.29, 0.717) is 35.8 Å². The van der Waals surface area contributed by atoms with Gasteiger partial charge in [0, 0.05) is 18.2 Å². The van der Waals surface area contributed by atoms with E-state index in [-0.39, 0.29) is 17.9 Å². The molecule has 2 aromatic carbocycles. The normalized spacial score (nSPS) is 13.8. The lowest BCUT2D eigenvalue weighted by Crippen LogP contribution is -2.56. The zero-order valence-corrected chi connectivity index (χ0v) is 14.2. The SMILES string of the molecule is COc1ccccc1OC1CN(C(=O)c2ccc(NC(C)=O)cc2)C1. The van der Waals surface area contributed by atoms with E-state index in [4.69, 9.17) is 9.47 Å². The number of likely N-dealkylation sites (tertiary alicyclic amines) is 1. The van der Waals surface area contributed by atoms with Gasteiger partial charge in [-0.3, -0.25) is 9.59 Å². The Bertz CT molecular complexity index is 767. The summed E-state index contributed by atoms with van der Waals surface area (Å²) in [6.07, 6.45) is -0.0427. The van der Waals surface area contributed by atoms with Gasteiger partial charge < -0.3 is 19.7 Å². The molecule has 0 spiro atoms. The van der Waals surface area contributed by atoms with E-state index in [2.05, 4.69) is 5.32 Å². The molecule has 2 aromatic rings. The summed E-state index contributed by atoms with van der Waals surface area (Å²) in [5.41, 5.74) is 1.26. The Morgan fingerprint density at radius 2 is 1.68 bits per heavy atom. The molecule has 6 heteroatoms. The average molecular weight is 340 g/mol. The van der Waals surface area contributed by atoms with Gasteiger partial charge in [-0.15, -0.1) is 0 Å². The lowest BCUT2D eigenvalue weighted by atomic mass is 10.1. The maximum Gasteiger partial charge on any atom is 0.254 e. The first-order valence-corrected chi connectivity index (χ1v) is 8.03. The van der Waals surface area contributed by atoms with Crippen LogP contribution < -0.4 is 14.8 Å². The first-order chi connectivity index (χ1) is 12.1. The molecule has 0 atom stereocenters. The topological polar surface area (TPSA) is 67.9 Å². The largest absolute Gasteiger partial charge is 0.493 e. The number of nitrogens with zero attached hydrogens (tertiary/aromatic N) is 1. The van der Waals surface area contributed by atoms with E-state index < -0.39 is 0 Å². The van der Waals surface area contributed by atoms with Gasteiger partial charge in [-0.05, 0) is 36.4 Å². The van der Waals surface area contributed by atoms with Crippen LogP contribution >= 0.6 is 0 Å². The van der Waals surface area contributed by atoms with E-state index in [0.717, 1.165) is 0 Å². The maximum absolute atomic E-state index is 12.4. The molecule has 0 unspecified atom stereocenters. The molecule has 1 aliphatic rings. The van der Waals surface area contributed by atoms with Crippen molar-refractivity contribution in [3.63, 3.8) is 0 Å². The number of carbonyl (C=O) groups is 2. The fourth-order valence-corrected chi connectivity index (χ4v) is 2.66. The third-order valence-corrected chi connectivity index (χ3v) is 3.95. The number of hydrogen-bond acceptors (Lipinski definition) is 4. The van der Waals surface area contributed by atoms with Crippen LogP contribution in [-0.4, -0.2) is 43.0 Å². The van der Waals surface area contributed by atoms with Crippen molar-refractivity contribution in [1.82, 2.24) is 4.90 Å². The first-order valence-electron chi connectivity index (χ1n) is 8.03. The fraction of sp³-hybridized carbons (Fsp3) is 0.263. The summed E-state index contributed by atoms with van der Waals surface area (Å²) in [5.74, 6) is 1.18. The van der Waals surface area contributed by atoms with E-state index >= 15 is 0 Å². The summed E-state index contributed by atoms with van der Waals surface area (Å²) in [6.45, 7) is 2.51. The van der Waals surface area contributed by atoms with Crippen LogP contribution in [0.2, 0.25) is 0 Å². The van der Waals surface area contributed by atoms with Crippen LogP contribution in [0.15, 0.2) is 48.5 Å². The molecule has 1 N–H and O–H groups in total. The highest BCUT2D eigenvalue weighted by atomic mass is 16.5. The Balaban J connectivity index is 1.55. The van der Waals surface area contributed by atoms with E-state index in [1.165, 1.54) is 6.92 Å². The Labute approximate surface area is 146 Å². The second kappa shape index (κ2) is 7.25. The number of anilines is 1. The molecule has 1 fully saturated rings. The number of para-hydroxylation sites is 2. The lowest BCUT2D eigenvalue weighted by Gasteiger charge is -2.39. The molecule has 130 valence electrons. The van der Waals surface area contributed by atoms with Gasteiger partial charge in [0.25, 0.3) is 5.91 Å². The number of amides is 2. The van der Waals surface area contributed by atoms with Crippen LogP contribution in [0.25, 0.3) is 0 Å². The van der Waals surface area contributed by atoms with Gasteiger partial charge >= 0.3 is 0 Å². The summed E-state index contributed by atoms with van der Waals surface area (Å²) in [4.78, 5) is 25.2. The van der Waals surface area contributed by atoms with E-state index in [1.54, 1.807) is 36.3 Å². The van der Waals surface area contributed by atoms with Gasteiger partial charge in [0.15, 0.2) is 11.5 Å². The van der Waals surface area contributed by atoms with Gasteiger partial charge in [-0.25, -0.2) is 0 Å². The van der Waals surface area contributed by atoms with Gasteiger partial charge in [0.2, 0.25) is 5.91 Å². The zero-order chi connectivity index (χ0) is 17.8. The minimum absolute atomic E-state index is 0.0427. The van der Waals surface area contributed by atoms with Crippen molar-refractivity contribution in [1.29, 1.82) is 0 Å². The van der Waals surface area contributed by atoms with Crippen LogP contribution in [-0.2, 0) is 4.79 Å². The predicted molar refractivity (Wildman–Crippen MR) is 94.1 cm³/mol. The summed E-state index contributed by atoms with van der Waals surface area (Å²) in [6, 6.07) is 14.3. The Hall–Kier alpha value is -3.02. The van der Waals surface area contributed by atoms with Crippen LogP contribution in [0.4, 0.5) is 5.69 Å². The Morgan fingerprint density at radius 1 is 1.04 bits per heavy atom. The van der Waals surface area contributed by atoms with Crippen molar-refractivity contribution < 1.29 is 19.1 Å². The first kappa shape index (κ1) is 16.8. The fourth-order valence-electron chi connectivity index (χ4n) is 2.66. The molecular weight excluding hydrogens is 320 g/mol. The number of ether oxygens (including phenoxy) is 2. The minimum atomic E-state index is -0.141. The predicted octanol–water partition coefficient (Wildman–Crippen LogP) is 2.56. The number of rotatable bonds is 5. The summed E-state index contributed by atoms with van der Waals surface area (Å²) < 4.78 is 11.1. The van der Waals surface area contributed by atoms with Crippen molar-refractivity contribution in [2.45, 2.75) is 13.0 Å². The summed E-state index contributed by atoms with van der Waals surface area (Å²) in [5, 5.41) is 2.68. The van der Waals surface area contributed by atoms with Crippen LogP contribution in [0.5, 0.6) is 11.5 Å². The average Bonchev–Trinajstić information content (AvgIpc) is 2.57.